The average Bonchev–Trinajstić information content (AvgIpc) is 2.35. The van der Waals surface area contributed by atoms with Crippen molar-refractivity contribution in [2.24, 2.45) is 11.8 Å². The van der Waals surface area contributed by atoms with E-state index in [0.29, 0.717) is 5.92 Å². The summed E-state index contributed by atoms with van der Waals surface area (Å²) in [5.41, 5.74) is 0. The minimum atomic E-state index is -0.103. The fraction of sp³-hybridized carbons (Fsp3) is 0.938. The lowest BCUT2D eigenvalue weighted by Crippen LogP contribution is -2.30. The Morgan fingerprint density at radius 1 is 1.28 bits per heavy atom. The van der Waals surface area contributed by atoms with E-state index < -0.39 is 0 Å². The van der Waals surface area contributed by atoms with Crippen molar-refractivity contribution in [3.05, 3.63) is 0 Å². The highest BCUT2D eigenvalue weighted by Crippen LogP contribution is 2.34. The Kier molecular flexibility index (Phi) is 7.38. The summed E-state index contributed by atoms with van der Waals surface area (Å²) in [6.07, 6.45) is 11.6. The zero-order valence-electron chi connectivity index (χ0n) is 12.4. The summed E-state index contributed by atoms with van der Waals surface area (Å²) in [7, 11) is 0. The molecule has 1 saturated carbocycles. The molecule has 2 nitrogen and oxygen atoms in total. The number of carbonyl (C=O) groups excluding carboxylic acids is 1. The number of hydrogen-bond acceptors (Lipinski definition) is 2. The predicted molar refractivity (Wildman–Crippen MR) is 75.4 cm³/mol. The highest BCUT2D eigenvalue weighted by molar-refractivity contribution is 5.66. The molecule has 0 amide bonds. The Morgan fingerprint density at radius 2 is 2.00 bits per heavy atom. The lowest BCUT2D eigenvalue weighted by molar-refractivity contribution is -0.151. The summed E-state index contributed by atoms with van der Waals surface area (Å²) in [6.45, 7) is 6.10. The fourth-order valence-corrected chi connectivity index (χ4v) is 3.22. The van der Waals surface area contributed by atoms with Crippen molar-refractivity contribution in [3.63, 3.8) is 0 Å². The summed E-state index contributed by atoms with van der Waals surface area (Å²) in [4.78, 5) is 11.2. The monoisotopic (exact) mass is 254 g/mol. The van der Waals surface area contributed by atoms with Crippen LogP contribution in [0.5, 0.6) is 0 Å². The van der Waals surface area contributed by atoms with Gasteiger partial charge in [-0.3, -0.25) is 4.79 Å². The van der Waals surface area contributed by atoms with Crippen LogP contribution in [0.1, 0.15) is 78.6 Å². The second-order valence-electron chi connectivity index (χ2n) is 5.84. The van der Waals surface area contributed by atoms with Crippen molar-refractivity contribution >= 4 is 5.97 Å². The molecule has 1 fully saturated rings. The summed E-state index contributed by atoms with van der Waals surface area (Å²) < 4.78 is 5.51. The highest BCUT2D eigenvalue weighted by atomic mass is 16.5. The molecular formula is C16H30O2. The van der Waals surface area contributed by atoms with Gasteiger partial charge in [0.1, 0.15) is 6.10 Å². The largest absolute Gasteiger partial charge is 0.462 e. The minimum absolute atomic E-state index is 0.103. The van der Waals surface area contributed by atoms with Crippen molar-refractivity contribution in [2.45, 2.75) is 84.7 Å². The molecule has 106 valence electrons. The van der Waals surface area contributed by atoms with Gasteiger partial charge in [0, 0.05) is 6.92 Å². The number of unbranched alkanes of at least 4 members (excludes halogenated alkanes) is 1. The summed E-state index contributed by atoms with van der Waals surface area (Å²) >= 11 is 0. The number of esters is 1. The van der Waals surface area contributed by atoms with Crippen LogP contribution in [0.3, 0.4) is 0 Å². The number of rotatable bonds is 7. The lowest BCUT2D eigenvalue weighted by Gasteiger charge is -2.33. The molecule has 2 heteroatoms. The molecule has 0 aromatic rings. The molecule has 0 bridgehead atoms. The van der Waals surface area contributed by atoms with Crippen molar-refractivity contribution in [3.8, 4) is 0 Å². The van der Waals surface area contributed by atoms with Crippen molar-refractivity contribution in [2.75, 3.05) is 0 Å². The molecule has 3 atom stereocenters. The SMILES string of the molecule is CCCC[C@@H](CC)C[C@H]1CCCC[C@@H]1OC(C)=O. The minimum Gasteiger partial charge on any atom is -0.462 e. The molecule has 0 heterocycles. The number of ether oxygens (including phenoxy) is 1. The molecule has 0 saturated heterocycles. The highest BCUT2D eigenvalue weighted by Gasteiger charge is 2.29. The Hall–Kier alpha value is -0.530. The molecule has 0 N–H and O–H groups in total. The maximum atomic E-state index is 11.2. The van der Waals surface area contributed by atoms with E-state index in [4.69, 9.17) is 4.74 Å². The Labute approximate surface area is 112 Å². The van der Waals surface area contributed by atoms with Crippen molar-refractivity contribution < 1.29 is 9.53 Å². The van der Waals surface area contributed by atoms with Crippen LogP contribution in [0.25, 0.3) is 0 Å². The summed E-state index contributed by atoms with van der Waals surface area (Å²) in [5, 5.41) is 0. The van der Waals surface area contributed by atoms with Crippen LogP contribution in [-0.4, -0.2) is 12.1 Å². The smallest absolute Gasteiger partial charge is 0.302 e. The van der Waals surface area contributed by atoms with Gasteiger partial charge >= 0.3 is 5.97 Å². The zero-order valence-corrected chi connectivity index (χ0v) is 12.4. The van der Waals surface area contributed by atoms with Crippen LogP contribution in [-0.2, 0) is 9.53 Å². The van der Waals surface area contributed by atoms with E-state index in [1.54, 1.807) is 6.92 Å². The third-order valence-corrected chi connectivity index (χ3v) is 4.34. The lowest BCUT2D eigenvalue weighted by atomic mass is 9.78. The first kappa shape index (κ1) is 15.5. The third kappa shape index (κ3) is 5.41. The van der Waals surface area contributed by atoms with Crippen LogP contribution in [0.15, 0.2) is 0 Å². The van der Waals surface area contributed by atoms with Gasteiger partial charge in [0.25, 0.3) is 0 Å². The van der Waals surface area contributed by atoms with E-state index in [-0.39, 0.29) is 12.1 Å². The first-order valence-electron chi connectivity index (χ1n) is 7.84. The molecule has 1 rings (SSSR count). The first-order chi connectivity index (χ1) is 8.67. The molecule has 0 unspecified atom stereocenters. The fourth-order valence-electron chi connectivity index (χ4n) is 3.22. The van der Waals surface area contributed by atoms with Crippen LogP contribution >= 0.6 is 0 Å². The molecule has 0 aromatic carbocycles. The van der Waals surface area contributed by atoms with Gasteiger partial charge in [-0.05, 0) is 37.5 Å². The Morgan fingerprint density at radius 3 is 2.61 bits per heavy atom. The van der Waals surface area contributed by atoms with E-state index in [2.05, 4.69) is 13.8 Å². The topological polar surface area (TPSA) is 26.3 Å². The maximum Gasteiger partial charge on any atom is 0.302 e. The maximum absolute atomic E-state index is 11.2. The normalized spacial score (nSPS) is 25.7. The molecule has 1 aliphatic rings. The first-order valence-corrected chi connectivity index (χ1v) is 7.84. The van der Waals surface area contributed by atoms with E-state index >= 15 is 0 Å². The molecule has 0 spiro atoms. The second kappa shape index (κ2) is 8.55. The van der Waals surface area contributed by atoms with Gasteiger partial charge in [0.2, 0.25) is 0 Å². The van der Waals surface area contributed by atoms with Crippen LogP contribution in [0.2, 0.25) is 0 Å². The predicted octanol–water partition coefficient (Wildman–Crippen LogP) is 4.71. The van der Waals surface area contributed by atoms with Crippen molar-refractivity contribution in [1.82, 2.24) is 0 Å². The van der Waals surface area contributed by atoms with E-state index in [9.17, 15) is 4.79 Å². The quantitative estimate of drug-likeness (QED) is 0.615. The third-order valence-electron chi connectivity index (χ3n) is 4.34. The number of hydrogen-bond donors (Lipinski definition) is 0. The van der Waals surface area contributed by atoms with E-state index in [1.165, 1.54) is 51.4 Å². The summed E-state index contributed by atoms with van der Waals surface area (Å²) in [6, 6.07) is 0. The molecule has 0 aliphatic heterocycles. The van der Waals surface area contributed by atoms with E-state index in [0.717, 1.165) is 12.3 Å². The Balaban J connectivity index is 2.46. The van der Waals surface area contributed by atoms with Crippen LogP contribution < -0.4 is 0 Å². The summed E-state index contributed by atoms with van der Waals surface area (Å²) in [5.74, 6) is 1.34. The average molecular weight is 254 g/mol. The van der Waals surface area contributed by atoms with Gasteiger partial charge in [-0.25, -0.2) is 0 Å². The molecular weight excluding hydrogens is 224 g/mol. The van der Waals surface area contributed by atoms with Gasteiger partial charge in [-0.1, -0.05) is 46.0 Å². The zero-order chi connectivity index (χ0) is 13.4. The second-order valence-corrected chi connectivity index (χ2v) is 5.84. The molecule has 1 aliphatic carbocycles. The van der Waals surface area contributed by atoms with Crippen molar-refractivity contribution in [1.29, 1.82) is 0 Å². The van der Waals surface area contributed by atoms with Gasteiger partial charge in [-0.15, -0.1) is 0 Å². The van der Waals surface area contributed by atoms with E-state index in [1.807, 2.05) is 0 Å². The number of carbonyl (C=O) groups is 1. The van der Waals surface area contributed by atoms with Gasteiger partial charge < -0.3 is 4.74 Å². The standard InChI is InChI=1S/C16H30O2/c1-4-6-9-14(5-2)12-15-10-7-8-11-16(15)18-13(3)17/h14-16H,4-12H2,1-3H3/t14-,15-,16+/m1/s1. The van der Waals surface area contributed by atoms with Crippen LogP contribution in [0.4, 0.5) is 0 Å². The van der Waals surface area contributed by atoms with Gasteiger partial charge in [0.15, 0.2) is 0 Å². The Bertz CT molecular complexity index is 237. The van der Waals surface area contributed by atoms with Gasteiger partial charge in [-0.2, -0.15) is 0 Å². The molecule has 0 aromatic heterocycles. The molecule has 0 radical (unpaired) electrons. The molecule has 18 heavy (non-hydrogen) atoms. The van der Waals surface area contributed by atoms with Crippen LogP contribution in [0, 0.1) is 11.8 Å². The van der Waals surface area contributed by atoms with Gasteiger partial charge in [0.05, 0.1) is 0 Å².